The van der Waals surface area contributed by atoms with Crippen LogP contribution in [0.25, 0.3) is 11.0 Å². The molecule has 1 aromatic heterocycles. The molecule has 0 atom stereocenters. The van der Waals surface area contributed by atoms with Gasteiger partial charge in [-0.3, -0.25) is 4.79 Å². The average molecular weight is 252 g/mol. The zero-order valence-corrected chi connectivity index (χ0v) is 10.4. The molecule has 1 heterocycles. The third-order valence-corrected chi connectivity index (χ3v) is 2.92. The Morgan fingerprint density at radius 2 is 1.89 bits per heavy atom. The van der Waals surface area contributed by atoms with Crippen molar-refractivity contribution in [3.05, 3.63) is 54.1 Å². The molecule has 2 aromatic carbocycles. The quantitative estimate of drug-likeness (QED) is 0.760. The van der Waals surface area contributed by atoms with Crippen LogP contribution in [0.1, 0.15) is 10.4 Å². The summed E-state index contributed by atoms with van der Waals surface area (Å²) in [6.07, 6.45) is 0. The maximum Gasteiger partial charge on any atom is 0.258 e. The second-order valence-corrected chi connectivity index (χ2v) is 4.21. The van der Waals surface area contributed by atoms with E-state index in [1.165, 1.54) is 0 Å². The minimum absolute atomic E-state index is 0.183. The smallest absolute Gasteiger partial charge is 0.258 e. The molecule has 1 amide bonds. The Balaban J connectivity index is 1.98. The van der Waals surface area contributed by atoms with Crippen molar-refractivity contribution in [2.24, 2.45) is 7.05 Å². The zero-order valence-electron chi connectivity index (χ0n) is 10.4. The Morgan fingerprint density at radius 1 is 1.11 bits per heavy atom. The Labute approximate surface area is 109 Å². The van der Waals surface area contributed by atoms with Gasteiger partial charge in [-0.05, 0) is 24.3 Å². The highest BCUT2D eigenvalue weighted by Crippen LogP contribution is 2.17. The largest absolute Gasteiger partial charge is 0.322 e. The summed E-state index contributed by atoms with van der Waals surface area (Å²) in [6, 6.07) is 14.8. The fourth-order valence-electron chi connectivity index (χ4n) is 1.96. The average Bonchev–Trinajstić information content (AvgIpc) is 2.82. The summed E-state index contributed by atoms with van der Waals surface area (Å²) in [5.41, 5.74) is 2.72. The molecular formula is C14H12N4O. The topological polar surface area (TPSA) is 59.8 Å². The van der Waals surface area contributed by atoms with Crippen LogP contribution in [-0.4, -0.2) is 20.9 Å². The van der Waals surface area contributed by atoms with Gasteiger partial charge in [0.1, 0.15) is 5.52 Å². The number of anilines is 1. The molecule has 3 rings (SSSR count). The van der Waals surface area contributed by atoms with Crippen molar-refractivity contribution in [3.8, 4) is 0 Å². The highest BCUT2D eigenvalue weighted by Gasteiger charge is 2.13. The highest BCUT2D eigenvalue weighted by atomic mass is 16.1. The summed E-state index contributed by atoms with van der Waals surface area (Å²) in [7, 11) is 1.80. The second-order valence-electron chi connectivity index (χ2n) is 4.21. The van der Waals surface area contributed by atoms with E-state index < -0.39 is 0 Å². The predicted octanol–water partition coefficient (Wildman–Crippen LogP) is 2.22. The minimum Gasteiger partial charge on any atom is -0.322 e. The Hall–Kier alpha value is -2.69. The molecule has 94 valence electrons. The molecule has 0 radical (unpaired) electrons. The number of nitrogens with one attached hydrogen (secondary N) is 1. The van der Waals surface area contributed by atoms with Gasteiger partial charge >= 0.3 is 0 Å². The van der Waals surface area contributed by atoms with Crippen molar-refractivity contribution < 1.29 is 4.79 Å². The number of aromatic nitrogens is 3. The number of nitrogens with zero attached hydrogens (tertiary/aromatic N) is 3. The number of rotatable bonds is 2. The number of hydrogen-bond acceptors (Lipinski definition) is 3. The van der Waals surface area contributed by atoms with E-state index in [4.69, 9.17) is 0 Å². The van der Waals surface area contributed by atoms with Crippen LogP contribution < -0.4 is 5.32 Å². The molecule has 0 aliphatic heterocycles. The third-order valence-electron chi connectivity index (χ3n) is 2.92. The van der Waals surface area contributed by atoms with Crippen molar-refractivity contribution in [3.63, 3.8) is 0 Å². The standard InChI is InChI=1S/C14H12N4O/c1-18-12-9-5-8-11(13(12)16-17-18)14(19)15-10-6-3-2-4-7-10/h2-9H,1H3,(H,15,19). The van der Waals surface area contributed by atoms with Crippen LogP contribution in [0.4, 0.5) is 5.69 Å². The van der Waals surface area contributed by atoms with E-state index >= 15 is 0 Å². The molecular weight excluding hydrogens is 240 g/mol. The van der Waals surface area contributed by atoms with Crippen molar-refractivity contribution in [1.82, 2.24) is 15.0 Å². The van der Waals surface area contributed by atoms with Crippen LogP contribution >= 0.6 is 0 Å². The fraction of sp³-hybridized carbons (Fsp3) is 0.0714. The lowest BCUT2D eigenvalue weighted by Gasteiger charge is -2.05. The van der Waals surface area contributed by atoms with Crippen molar-refractivity contribution in [2.75, 3.05) is 5.32 Å². The molecule has 0 unspecified atom stereocenters. The molecule has 0 aliphatic rings. The molecule has 0 saturated carbocycles. The zero-order chi connectivity index (χ0) is 13.2. The summed E-state index contributed by atoms with van der Waals surface area (Å²) in [4.78, 5) is 12.2. The lowest BCUT2D eigenvalue weighted by Crippen LogP contribution is -2.12. The highest BCUT2D eigenvalue weighted by molar-refractivity contribution is 6.11. The van der Waals surface area contributed by atoms with E-state index in [9.17, 15) is 4.79 Å². The van der Waals surface area contributed by atoms with Gasteiger partial charge in [-0.15, -0.1) is 5.10 Å². The number of carbonyl (C=O) groups is 1. The van der Waals surface area contributed by atoms with Crippen LogP contribution in [0.5, 0.6) is 0 Å². The SMILES string of the molecule is Cn1nnc2c(C(=O)Nc3ccccc3)cccc21. The lowest BCUT2D eigenvalue weighted by atomic mass is 10.1. The van der Waals surface area contributed by atoms with Crippen LogP contribution in [0.2, 0.25) is 0 Å². The van der Waals surface area contributed by atoms with Gasteiger partial charge in [-0.25, -0.2) is 4.68 Å². The normalized spacial score (nSPS) is 10.6. The summed E-state index contributed by atoms with van der Waals surface area (Å²) in [5.74, 6) is -0.183. The second kappa shape index (κ2) is 4.53. The van der Waals surface area contributed by atoms with Crippen molar-refractivity contribution in [1.29, 1.82) is 0 Å². The monoisotopic (exact) mass is 252 g/mol. The first-order valence-corrected chi connectivity index (χ1v) is 5.90. The third kappa shape index (κ3) is 2.06. The minimum atomic E-state index is -0.183. The number of para-hydroxylation sites is 1. The number of hydrogen-bond donors (Lipinski definition) is 1. The van der Waals surface area contributed by atoms with E-state index in [2.05, 4.69) is 15.6 Å². The molecule has 0 spiro atoms. The molecule has 0 bridgehead atoms. The van der Waals surface area contributed by atoms with E-state index in [0.29, 0.717) is 11.1 Å². The molecule has 19 heavy (non-hydrogen) atoms. The van der Waals surface area contributed by atoms with Crippen molar-refractivity contribution >= 4 is 22.6 Å². The first-order valence-electron chi connectivity index (χ1n) is 5.90. The summed E-state index contributed by atoms with van der Waals surface area (Å²) in [6.45, 7) is 0. The van der Waals surface area contributed by atoms with E-state index in [1.54, 1.807) is 17.8 Å². The Bertz CT molecular complexity index is 734. The van der Waals surface area contributed by atoms with Crippen molar-refractivity contribution in [2.45, 2.75) is 0 Å². The number of benzene rings is 2. The van der Waals surface area contributed by atoms with Gasteiger partial charge in [0, 0.05) is 12.7 Å². The number of fused-ring (bicyclic) bond motifs is 1. The molecule has 0 saturated heterocycles. The van der Waals surface area contributed by atoms with Gasteiger partial charge in [-0.2, -0.15) is 0 Å². The van der Waals surface area contributed by atoms with Crippen LogP contribution in [0.15, 0.2) is 48.5 Å². The molecule has 0 aliphatic carbocycles. The van der Waals surface area contributed by atoms with Crippen LogP contribution in [-0.2, 0) is 7.05 Å². The van der Waals surface area contributed by atoms with E-state index in [0.717, 1.165) is 11.2 Å². The fourth-order valence-corrected chi connectivity index (χ4v) is 1.96. The number of aryl methyl sites for hydroxylation is 1. The number of carbonyl (C=O) groups excluding carboxylic acids is 1. The van der Waals surface area contributed by atoms with Gasteiger partial charge in [0.15, 0.2) is 0 Å². The van der Waals surface area contributed by atoms with Crippen LogP contribution in [0.3, 0.4) is 0 Å². The van der Waals surface area contributed by atoms with Gasteiger partial charge < -0.3 is 5.32 Å². The van der Waals surface area contributed by atoms with Crippen LogP contribution in [0, 0.1) is 0 Å². The van der Waals surface area contributed by atoms with Gasteiger partial charge in [0.25, 0.3) is 5.91 Å². The van der Waals surface area contributed by atoms with Gasteiger partial charge in [0.2, 0.25) is 0 Å². The first-order chi connectivity index (χ1) is 9.25. The molecule has 5 nitrogen and oxygen atoms in total. The van der Waals surface area contributed by atoms with E-state index in [1.807, 2.05) is 42.5 Å². The van der Waals surface area contributed by atoms with Gasteiger partial charge in [0.05, 0.1) is 11.1 Å². The predicted molar refractivity (Wildman–Crippen MR) is 72.9 cm³/mol. The molecule has 3 aromatic rings. The summed E-state index contributed by atoms with van der Waals surface area (Å²) in [5, 5.41) is 10.8. The summed E-state index contributed by atoms with van der Waals surface area (Å²) < 4.78 is 1.65. The first kappa shape index (κ1) is 11.4. The number of amides is 1. The molecule has 0 fully saturated rings. The molecule has 5 heteroatoms. The lowest BCUT2D eigenvalue weighted by molar-refractivity contribution is 0.102. The Morgan fingerprint density at radius 3 is 2.68 bits per heavy atom. The van der Waals surface area contributed by atoms with Gasteiger partial charge in [-0.1, -0.05) is 29.5 Å². The molecule has 1 N–H and O–H groups in total. The maximum atomic E-state index is 12.2. The summed E-state index contributed by atoms with van der Waals surface area (Å²) >= 11 is 0. The maximum absolute atomic E-state index is 12.2. The Kier molecular flexibility index (Phi) is 2.72. The van der Waals surface area contributed by atoms with E-state index in [-0.39, 0.29) is 5.91 Å².